The number of carbonyl (C=O) groups excluding carboxylic acids is 4. The monoisotopic (exact) mass is 576 g/mol. The van der Waals surface area contributed by atoms with Crippen LogP contribution in [0.4, 0.5) is 0 Å². The Hall–Kier alpha value is -3.38. The topological polar surface area (TPSA) is 148 Å². The molecule has 0 spiro atoms. The van der Waals surface area contributed by atoms with Gasteiger partial charge in [0.05, 0.1) is 83.8 Å². The lowest BCUT2D eigenvalue weighted by atomic mass is 10.0. The Morgan fingerprint density at radius 2 is 1.24 bits per heavy atom. The molecule has 13 nitrogen and oxygen atoms in total. The van der Waals surface area contributed by atoms with Gasteiger partial charge in [-0.15, -0.1) is 6.42 Å². The van der Waals surface area contributed by atoms with Gasteiger partial charge in [0.15, 0.2) is 0 Å². The molecular weight excluding hydrogens is 540 g/mol. The third kappa shape index (κ3) is 10.5. The van der Waals surface area contributed by atoms with Crippen molar-refractivity contribution in [2.45, 2.75) is 18.9 Å². The number of rotatable bonds is 21. The highest BCUT2D eigenvalue weighted by Crippen LogP contribution is 2.30. The van der Waals surface area contributed by atoms with Gasteiger partial charge in [-0.2, -0.15) is 0 Å². The average molecular weight is 577 g/mol. The van der Waals surface area contributed by atoms with Crippen molar-refractivity contribution in [3.63, 3.8) is 0 Å². The highest BCUT2D eigenvalue weighted by molar-refractivity contribution is 6.23. The molecule has 1 saturated heterocycles. The van der Waals surface area contributed by atoms with Gasteiger partial charge in [-0.3, -0.25) is 29.4 Å². The van der Waals surface area contributed by atoms with Crippen LogP contribution >= 0.6 is 0 Å². The molecular formula is C28H36N2O11. The number of amides is 4. The predicted molar refractivity (Wildman–Crippen MR) is 142 cm³/mol. The van der Waals surface area contributed by atoms with Gasteiger partial charge in [-0.1, -0.05) is 5.92 Å². The maximum atomic E-state index is 12.9. The quantitative estimate of drug-likeness (QED) is 0.122. The Bertz CT molecular complexity index is 1070. The summed E-state index contributed by atoms with van der Waals surface area (Å²) in [4.78, 5) is 50.1. The van der Waals surface area contributed by atoms with Crippen LogP contribution in [0.5, 0.6) is 5.75 Å². The molecule has 13 heteroatoms. The molecule has 4 amide bonds. The first-order valence-corrected chi connectivity index (χ1v) is 13.4. The minimum atomic E-state index is -1.01. The van der Waals surface area contributed by atoms with Crippen LogP contribution in [0, 0.1) is 12.3 Å². The molecule has 2 heterocycles. The largest absolute Gasteiger partial charge is 0.491 e. The van der Waals surface area contributed by atoms with Crippen LogP contribution in [-0.2, 0) is 38.0 Å². The van der Waals surface area contributed by atoms with Crippen molar-refractivity contribution in [3.8, 4) is 18.1 Å². The zero-order chi connectivity index (χ0) is 29.3. The molecule has 224 valence electrons. The summed E-state index contributed by atoms with van der Waals surface area (Å²) in [5.74, 6) is 0.564. The lowest BCUT2D eigenvalue weighted by Crippen LogP contribution is -2.54. The van der Waals surface area contributed by atoms with E-state index in [9.17, 15) is 19.2 Å². The van der Waals surface area contributed by atoms with E-state index in [1.807, 2.05) is 0 Å². The Morgan fingerprint density at radius 1 is 0.732 bits per heavy atom. The van der Waals surface area contributed by atoms with Crippen LogP contribution in [0.15, 0.2) is 18.2 Å². The Labute approximate surface area is 238 Å². The van der Waals surface area contributed by atoms with Crippen molar-refractivity contribution in [1.29, 1.82) is 0 Å². The number of nitrogens with one attached hydrogen (secondary N) is 1. The number of hydrogen-bond acceptors (Lipinski definition) is 11. The maximum absolute atomic E-state index is 12.9. The standard InChI is InChI=1S/C28H36N2O11/c1-2-7-35-8-9-36-10-11-37-12-13-38-14-15-39-16-17-40-18-19-41-21-3-4-22-23(20-21)28(34)30(27(22)33)24-5-6-25(31)29-26(24)32/h1,3-4,20,24H,5-19H2,(H,29,31,32). The van der Waals surface area contributed by atoms with Crippen LogP contribution in [-0.4, -0.2) is 120 Å². The summed E-state index contributed by atoms with van der Waals surface area (Å²) < 4.78 is 37.8. The molecule has 41 heavy (non-hydrogen) atoms. The molecule has 1 fully saturated rings. The fraction of sp³-hybridized carbons (Fsp3) is 0.571. The van der Waals surface area contributed by atoms with E-state index >= 15 is 0 Å². The summed E-state index contributed by atoms with van der Waals surface area (Å²) in [6.45, 7) is 5.27. The summed E-state index contributed by atoms with van der Waals surface area (Å²) in [6.07, 6.45) is 5.24. The van der Waals surface area contributed by atoms with Crippen molar-refractivity contribution < 1.29 is 52.3 Å². The normalized spacial score (nSPS) is 16.6. The van der Waals surface area contributed by atoms with Gasteiger partial charge in [0.25, 0.3) is 11.8 Å². The van der Waals surface area contributed by atoms with E-state index in [2.05, 4.69) is 11.2 Å². The SMILES string of the molecule is C#CCOCCOCCOCCOCCOCCOCCOc1ccc2c(c1)C(=O)N(C1CCC(=O)NC1=O)C2=O. The lowest BCUT2D eigenvalue weighted by Gasteiger charge is -2.27. The molecule has 2 aliphatic heterocycles. The molecule has 0 bridgehead atoms. The first kappa shape index (κ1) is 32.1. The van der Waals surface area contributed by atoms with Gasteiger partial charge in [-0.05, 0) is 24.6 Å². The van der Waals surface area contributed by atoms with Crippen molar-refractivity contribution in [1.82, 2.24) is 10.2 Å². The molecule has 1 N–H and O–H groups in total. The van der Waals surface area contributed by atoms with Gasteiger partial charge < -0.3 is 33.2 Å². The lowest BCUT2D eigenvalue weighted by molar-refractivity contribution is -0.136. The van der Waals surface area contributed by atoms with E-state index in [0.29, 0.717) is 78.4 Å². The molecule has 0 aliphatic carbocycles. The number of fused-ring (bicyclic) bond motifs is 1. The second kappa shape index (κ2) is 18.1. The summed E-state index contributed by atoms with van der Waals surface area (Å²) in [7, 11) is 0. The summed E-state index contributed by atoms with van der Waals surface area (Å²) in [5.41, 5.74) is 0.355. The minimum absolute atomic E-state index is 0.0656. The number of imide groups is 2. The molecule has 0 aromatic heterocycles. The molecule has 2 aliphatic rings. The third-order valence-corrected chi connectivity index (χ3v) is 5.95. The molecule has 3 rings (SSSR count). The molecule has 0 saturated carbocycles. The van der Waals surface area contributed by atoms with E-state index in [4.69, 9.17) is 39.6 Å². The van der Waals surface area contributed by atoms with Gasteiger partial charge in [0.1, 0.15) is 25.0 Å². The highest BCUT2D eigenvalue weighted by Gasteiger charge is 2.44. The van der Waals surface area contributed by atoms with Gasteiger partial charge in [-0.25, -0.2) is 0 Å². The molecule has 0 radical (unpaired) electrons. The highest BCUT2D eigenvalue weighted by atomic mass is 16.6. The number of piperidine rings is 1. The van der Waals surface area contributed by atoms with Crippen molar-refractivity contribution in [2.24, 2.45) is 0 Å². The number of ether oxygens (including phenoxy) is 7. The average Bonchev–Trinajstić information content (AvgIpc) is 3.21. The zero-order valence-corrected chi connectivity index (χ0v) is 22.9. The van der Waals surface area contributed by atoms with Crippen LogP contribution in [0.3, 0.4) is 0 Å². The van der Waals surface area contributed by atoms with Crippen molar-refractivity contribution in [3.05, 3.63) is 29.3 Å². The first-order chi connectivity index (χ1) is 20.0. The van der Waals surface area contributed by atoms with E-state index in [1.54, 1.807) is 6.07 Å². The van der Waals surface area contributed by atoms with Gasteiger partial charge in [0.2, 0.25) is 11.8 Å². The number of carbonyl (C=O) groups is 4. The summed E-state index contributed by atoms with van der Waals surface area (Å²) in [5, 5.41) is 2.17. The van der Waals surface area contributed by atoms with E-state index in [0.717, 1.165) is 4.90 Å². The number of terminal acetylenes is 1. The summed E-state index contributed by atoms with van der Waals surface area (Å²) in [6, 6.07) is 3.55. The van der Waals surface area contributed by atoms with Crippen molar-refractivity contribution in [2.75, 3.05) is 85.9 Å². The molecule has 1 unspecified atom stereocenters. The van der Waals surface area contributed by atoms with Gasteiger partial charge >= 0.3 is 0 Å². The predicted octanol–water partition coefficient (Wildman–Crippen LogP) is 0.199. The number of hydrogen-bond donors (Lipinski definition) is 1. The Balaban J connectivity index is 1.17. The molecule has 1 aromatic carbocycles. The molecule has 1 aromatic rings. The first-order valence-electron chi connectivity index (χ1n) is 13.4. The van der Waals surface area contributed by atoms with E-state index in [1.165, 1.54) is 12.1 Å². The second-order valence-corrected chi connectivity index (χ2v) is 8.82. The maximum Gasteiger partial charge on any atom is 0.262 e. The fourth-order valence-electron chi connectivity index (χ4n) is 3.99. The minimum Gasteiger partial charge on any atom is -0.491 e. The molecule has 1 atom stereocenters. The Kier molecular flexibility index (Phi) is 14.2. The zero-order valence-electron chi connectivity index (χ0n) is 22.9. The van der Waals surface area contributed by atoms with E-state index in [-0.39, 0.29) is 37.2 Å². The number of benzene rings is 1. The van der Waals surface area contributed by atoms with E-state index < -0.39 is 29.7 Å². The smallest absolute Gasteiger partial charge is 0.262 e. The fourth-order valence-corrected chi connectivity index (χ4v) is 3.99. The van der Waals surface area contributed by atoms with Crippen LogP contribution in [0.1, 0.15) is 33.6 Å². The second-order valence-electron chi connectivity index (χ2n) is 8.82. The van der Waals surface area contributed by atoms with Crippen LogP contribution < -0.4 is 10.1 Å². The van der Waals surface area contributed by atoms with Crippen LogP contribution in [0.25, 0.3) is 0 Å². The van der Waals surface area contributed by atoms with Crippen LogP contribution in [0.2, 0.25) is 0 Å². The van der Waals surface area contributed by atoms with Crippen molar-refractivity contribution >= 4 is 23.6 Å². The number of nitrogens with zero attached hydrogens (tertiary/aromatic N) is 1. The third-order valence-electron chi connectivity index (χ3n) is 5.95. The summed E-state index contributed by atoms with van der Waals surface area (Å²) >= 11 is 0. The Morgan fingerprint density at radius 3 is 1.78 bits per heavy atom. The van der Waals surface area contributed by atoms with Gasteiger partial charge in [0, 0.05) is 6.42 Å².